The number of para-hydroxylation sites is 2. The van der Waals surface area contributed by atoms with Crippen molar-refractivity contribution in [3.8, 4) is 11.4 Å². The van der Waals surface area contributed by atoms with E-state index in [-0.39, 0.29) is 11.7 Å². The lowest BCUT2D eigenvalue weighted by Gasteiger charge is -2.30. The second-order valence-corrected chi connectivity index (χ2v) is 8.09. The third kappa shape index (κ3) is 3.46. The minimum absolute atomic E-state index is 0.232. The zero-order chi connectivity index (χ0) is 20.7. The Morgan fingerprint density at radius 3 is 2.80 bits per heavy atom. The number of rotatable bonds is 4. The van der Waals surface area contributed by atoms with Crippen molar-refractivity contribution in [2.24, 2.45) is 7.05 Å². The van der Waals surface area contributed by atoms with Gasteiger partial charge >= 0.3 is 0 Å². The summed E-state index contributed by atoms with van der Waals surface area (Å²) < 4.78 is 24.4. The number of hydrogen-bond acceptors (Lipinski definition) is 5. The summed E-state index contributed by atoms with van der Waals surface area (Å²) in [6.45, 7) is 2.32. The predicted molar refractivity (Wildman–Crippen MR) is 115 cm³/mol. The smallest absolute Gasteiger partial charge is 0.199 e. The Hall–Kier alpha value is -2.84. The van der Waals surface area contributed by atoms with Crippen molar-refractivity contribution in [2.75, 3.05) is 13.1 Å². The van der Waals surface area contributed by atoms with Crippen molar-refractivity contribution in [1.29, 1.82) is 0 Å². The Balaban J connectivity index is 1.37. The zero-order valence-corrected chi connectivity index (χ0v) is 17.5. The number of aromatic nitrogens is 4. The first-order valence-corrected chi connectivity index (χ1v) is 10.5. The molecule has 0 amide bonds. The summed E-state index contributed by atoms with van der Waals surface area (Å²) in [4.78, 5) is 6.98. The maximum atomic E-state index is 14.3. The van der Waals surface area contributed by atoms with Crippen molar-refractivity contribution in [2.45, 2.75) is 25.4 Å². The molecule has 1 aliphatic heterocycles. The number of fused-ring (bicyclic) bond motifs is 1. The van der Waals surface area contributed by atoms with E-state index in [1.165, 1.54) is 6.07 Å². The van der Waals surface area contributed by atoms with Gasteiger partial charge in [0.15, 0.2) is 22.1 Å². The van der Waals surface area contributed by atoms with E-state index in [0.29, 0.717) is 22.8 Å². The summed E-state index contributed by atoms with van der Waals surface area (Å²) in [6, 6.07) is 14.5. The quantitative estimate of drug-likeness (QED) is 0.444. The van der Waals surface area contributed by atoms with Crippen molar-refractivity contribution < 1.29 is 8.81 Å². The van der Waals surface area contributed by atoms with Gasteiger partial charge in [0.2, 0.25) is 0 Å². The van der Waals surface area contributed by atoms with E-state index >= 15 is 0 Å². The minimum atomic E-state index is -0.304. The van der Waals surface area contributed by atoms with Crippen LogP contribution < -0.4 is 0 Å². The molecule has 4 aromatic rings. The molecule has 2 aromatic heterocycles. The van der Waals surface area contributed by atoms with Crippen molar-refractivity contribution >= 4 is 23.3 Å². The van der Waals surface area contributed by atoms with E-state index in [1.807, 2.05) is 31.3 Å². The maximum absolute atomic E-state index is 14.3. The van der Waals surface area contributed by atoms with Crippen LogP contribution in [0.1, 0.15) is 24.7 Å². The number of nitrogens with zero attached hydrogens (tertiary/aromatic N) is 5. The minimum Gasteiger partial charge on any atom is -0.440 e. The topological polar surface area (TPSA) is 52.0 Å². The van der Waals surface area contributed by atoms with E-state index in [1.54, 1.807) is 27.4 Å². The molecule has 1 aliphatic rings. The molecule has 0 N–H and O–H groups in total. The van der Waals surface area contributed by atoms with Gasteiger partial charge in [-0.15, -0.1) is 0 Å². The van der Waals surface area contributed by atoms with Crippen LogP contribution in [0.25, 0.3) is 22.5 Å². The van der Waals surface area contributed by atoms with Gasteiger partial charge in [-0.2, -0.15) is 5.10 Å². The summed E-state index contributed by atoms with van der Waals surface area (Å²) in [6.07, 6.45) is 2.08. The maximum Gasteiger partial charge on any atom is 0.199 e. The van der Waals surface area contributed by atoms with Gasteiger partial charge in [-0.3, -0.25) is 4.90 Å². The van der Waals surface area contributed by atoms with E-state index in [0.717, 1.165) is 42.9 Å². The summed E-state index contributed by atoms with van der Waals surface area (Å²) in [5.74, 6) is 1.25. The van der Waals surface area contributed by atoms with Crippen LogP contribution in [0.2, 0.25) is 0 Å². The lowest BCUT2D eigenvalue weighted by molar-refractivity contribution is 0.147. The molecule has 0 radical (unpaired) electrons. The average Bonchev–Trinajstić information content (AvgIpc) is 3.31. The molecule has 0 spiro atoms. The van der Waals surface area contributed by atoms with E-state index in [2.05, 4.69) is 15.0 Å². The molecular formula is C22H22FN5OS. The van der Waals surface area contributed by atoms with Crippen molar-refractivity contribution in [1.82, 2.24) is 24.2 Å². The van der Waals surface area contributed by atoms with Crippen molar-refractivity contribution in [3.63, 3.8) is 0 Å². The molecule has 0 bridgehead atoms. The molecule has 5 rings (SSSR count). The first kappa shape index (κ1) is 19.1. The lowest BCUT2D eigenvalue weighted by Crippen LogP contribution is -2.36. The van der Waals surface area contributed by atoms with Crippen LogP contribution >= 0.6 is 12.2 Å². The first-order valence-electron chi connectivity index (χ1n) is 10.1. The summed E-state index contributed by atoms with van der Waals surface area (Å²) in [5, 5.41) is 4.62. The molecule has 1 unspecified atom stereocenters. The Labute approximate surface area is 178 Å². The SMILES string of the molecule is Cn1c(-c2ccccc2F)nn(CN2CCCC(c3nc4ccccc4o3)C2)c1=S. The standard InChI is InChI=1S/C22H22FN5OS/c1-26-20(16-8-2-3-9-17(16)23)25-28(22(26)30)14-27-12-6-7-15(13-27)21-24-18-10-4-5-11-19(18)29-21/h2-5,8-11,15H,6-7,12-14H2,1H3. The van der Waals surface area contributed by atoms with Gasteiger partial charge < -0.3 is 8.98 Å². The number of benzene rings is 2. The largest absolute Gasteiger partial charge is 0.440 e. The highest BCUT2D eigenvalue weighted by Gasteiger charge is 2.26. The molecule has 1 saturated heterocycles. The lowest BCUT2D eigenvalue weighted by atomic mass is 9.98. The van der Waals surface area contributed by atoms with Crippen LogP contribution in [0.15, 0.2) is 52.9 Å². The molecular weight excluding hydrogens is 401 g/mol. The number of piperidine rings is 1. The molecule has 8 heteroatoms. The number of likely N-dealkylation sites (tertiary alicyclic amines) is 1. The van der Waals surface area contributed by atoms with E-state index in [4.69, 9.17) is 16.6 Å². The molecule has 0 aliphatic carbocycles. The molecule has 6 nitrogen and oxygen atoms in total. The van der Waals surface area contributed by atoms with Crippen LogP contribution in [0.3, 0.4) is 0 Å². The second kappa shape index (κ2) is 7.77. The second-order valence-electron chi connectivity index (χ2n) is 7.72. The fourth-order valence-electron chi connectivity index (χ4n) is 4.10. The van der Waals surface area contributed by atoms with Crippen LogP contribution in [-0.4, -0.2) is 37.3 Å². The summed E-state index contributed by atoms with van der Waals surface area (Å²) in [7, 11) is 1.82. The molecule has 30 heavy (non-hydrogen) atoms. The van der Waals surface area contributed by atoms with Gasteiger partial charge in [0.05, 0.1) is 12.2 Å². The predicted octanol–water partition coefficient (Wildman–Crippen LogP) is 4.74. The van der Waals surface area contributed by atoms with E-state index < -0.39 is 0 Å². The molecule has 0 saturated carbocycles. The average molecular weight is 424 g/mol. The molecule has 154 valence electrons. The molecule has 3 heterocycles. The number of hydrogen-bond donors (Lipinski definition) is 0. The fourth-order valence-corrected chi connectivity index (χ4v) is 4.28. The van der Waals surface area contributed by atoms with Gasteiger partial charge in [0.1, 0.15) is 11.3 Å². The Kier molecular flexibility index (Phi) is 4.96. The highest BCUT2D eigenvalue weighted by Crippen LogP contribution is 2.29. The Bertz CT molecular complexity index is 1230. The van der Waals surface area contributed by atoms with Crippen LogP contribution in [-0.2, 0) is 13.7 Å². The number of halogens is 1. The molecule has 1 atom stereocenters. The highest BCUT2D eigenvalue weighted by atomic mass is 32.1. The Morgan fingerprint density at radius 2 is 1.97 bits per heavy atom. The number of oxazole rings is 1. The van der Waals surface area contributed by atoms with Gasteiger partial charge in [0.25, 0.3) is 0 Å². The fraction of sp³-hybridized carbons (Fsp3) is 0.318. The van der Waals surface area contributed by atoms with Gasteiger partial charge in [-0.1, -0.05) is 24.3 Å². The van der Waals surface area contributed by atoms with Crippen LogP contribution in [0.4, 0.5) is 4.39 Å². The van der Waals surface area contributed by atoms with Crippen LogP contribution in [0, 0.1) is 10.6 Å². The van der Waals surface area contributed by atoms with Crippen LogP contribution in [0.5, 0.6) is 0 Å². The molecule has 1 fully saturated rings. The van der Waals surface area contributed by atoms with Gasteiger partial charge in [-0.05, 0) is 55.9 Å². The van der Waals surface area contributed by atoms with Gasteiger partial charge in [-0.25, -0.2) is 14.1 Å². The summed E-state index contributed by atoms with van der Waals surface area (Å²) in [5.41, 5.74) is 2.17. The third-order valence-electron chi connectivity index (χ3n) is 5.65. The van der Waals surface area contributed by atoms with Gasteiger partial charge in [0, 0.05) is 19.5 Å². The van der Waals surface area contributed by atoms with Crippen molar-refractivity contribution in [3.05, 3.63) is 65.0 Å². The van der Waals surface area contributed by atoms with E-state index in [9.17, 15) is 4.39 Å². The monoisotopic (exact) mass is 423 g/mol. The highest BCUT2D eigenvalue weighted by molar-refractivity contribution is 7.71. The molecule has 2 aromatic carbocycles. The Morgan fingerprint density at radius 1 is 1.17 bits per heavy atom. The summed E-state index contributed by atoms with van der Waals surface area (Å²) >= 11 is 5.58. The third-order valence-corrected chi connectivity index (χ3v) is 6.14. The first-order chi connectivity index (χ1) is 14.6. The zero-order valence-electron chi connectivity index (χ0n) is 16.7. The normalized spacial score (nSPS) is 17.6.